The monoisotopic (exact) mass is 159 g/mol. The molecule has 2 nitrogen and oxygen atoms in total. The van der Waals surface area contributed by atoms with Gasteiger partial charge in [-0.15, -0.1) is 0 Å². The van der Waals surface area contributed by atoms with Crippen molar-refractivity contribution in [3.63, 3.8) is 0 Å². The van der Waals surface area contributed by atoms with Gasteiger partial charge in [-0.3, -0.25) is 0 Å². The Hall–Kier alpha value is -1.75. The molecule has 0 fully saturated rings. The van der Waals surface area contributed by atoms with Crippen molar-refractivity contribution in [2.24, 2.45) is 0 Å². The number of rotatable bonds is 1. The Morgan fingerprint density at radius 2 is 2.00 bits per heavy atom. The van der Waals surface area contributed by atoms with E-state index in [2.05, 4.69) is 0 Å². The van der Waals surface area contributed by atoms with Crippen molar-refractivity contribution in [2.45, 2.75) is 6.92 Å². The fraction of sp³-hybridized carbons (Fsp3) is 0.100. The van der Waals surface area contributed by atoms with E-state index in [-0.39, 0.29) is 5.75 Å². The summed E-state index contributed by atoms with van der Waals surface area (Å²) in [7, 11) is 0. The summed E-state index contributed by atoms with van der Waals surface area (Å²) >= 11 is 0. The van der Waals surface area contributed by atoms with Gasteiger partial charge in [-0.25, -0.2) is 0 Å². The second-order valence-electron chi connectivity index (χ2n) is 2.50. The van der Waals surface area contributed by atoms with E-state index in [9.17, 15) is 0 Å². The molecule has 0 atom stereocenters. The van der Waals surface area contributed by atoms with Crippen LogP contribution in [0, 0.1) is 11.3 Å². The van der Waals surface area contributed by atoms with E-state index in [0.717, 1.165) is 11.1 Å². The third-order valence-electron chi connectivity index (χ3n) is 1.60. The van der Waals surface area contributed by atoms with Crippen molar-refractivity contribution in [3.8, 4) is 11.8 Å². The fourth-order valence-electron chi connectivity index (χ4n) is 0.904. The second-order valence-corrected chi connectivity index (χ2v) is 2.50. The highest BCUT2D eigenvalue weighted by atomic mass is 16.3. The lowest BCUT2D eigenvalue weighted by molar-refractivity contribution is 0.475. The van der Waals surface area contributed by atoms with Crippen molar-refractivity contribution < 1.29 is 5.11 Å². The number of allylic oxidation sites excluding steroid dienone is 2. The summed E-state index contributed by atoms with van der Waals surface area (Å²) in [5, 5.41) is 17.4. The van der Waals surface area contributed by atoms with Crippen LogP contribution in [0.4, 0.5) is 0 Å². The first-order valence-corrected chi connectivity index (χ1v) is 3.60. The van der Waals surface area contributed by atoms with E-state index >= 15 is 0 Å². The minimum absolute atomic E-state index is 0.239. The molecule has 2 heteroatoms. The molecule has 1 aromatic rings. The van der Waals surface area contributed by atoms with Gasteiger partial charge < -0.3 is 5.11 Å². The molecule has 0 aliphatic carbocycles. The van der Waals surface area contributed by atoms with Crippen LogP contribution in [-0.2, 0) is 0 Å². The van der Waals surface area contributed by atoms with Gasteiger partial charge in [0.05, 0.1) is 6.07 Å². The average Bonchev–Trinajstić information content (AvgIpc) is 2.06. The lowest BCUT2D eigenvalue weighted by atomic mass is 10.1. The summed E-state index contributed by atoms with van der Waals surface area (Å²) in [6.45, 7) is 1.86. The van der Waals surface area contributed by atoms with Gasteiger partial charge in [0.15, 0.2) is 0 Å². The highest BCUT2D eigenvalue weighted by molar-refractivity contribution is 5.66. The zero-order chi connectivity index (χ0) is 8.97. The molecule has 0 aromatic heterocycles. The first-order valence-electron chi connectivity index (χ1n) is 3.60. The molecule has 60 valence electrons. The normalized spacial score (nSPS) is 10.8. The third kappa shape index (κ3) is 1.86. The molecular formula is C10H9NO. The molecule has 0 heterocycles. The predicted molar refractivity (Wildman–Crippen MR) is 47.4 cm³/mol. The molecule has 0 aliphatic heterocycles. The Bertz CT molecular complexity index is 330. The predicted octanol–water partition coefficient (Wildman–Crippen LogP) is 2.32. The number of phenolic OH excluding ortho intramolecular Hbond substituents is 1. The summed E-state index contributed by atoms with van der Waals surface area (Å²) in [5.74, 6) is 0.239. The standard InChI is InChI=1S/C10H9NO/c1-8(6-7-11)9-2-4-10(12)5-3-9/h2-6,12H,1H3/b8-6-. The number of phenols is 1. The molecule has 0 aliphatic rings. The minimum atomic E-state index is 0.239. The Labute approximate surface area is 71.4 Å². The molecule has 0 bridgehead atoms. The number of hydrogen-bond donors (Lipinski definition) is 1. The Kier molecular flexibility index (Phi) is 2.49. The van der Waals surface area contributed by atoms with Crippen molar-refractivity contribution in [1.82, 2.24) is 0 Å². The Balaban J connectivity index is 2.99. The zero-order valence-electron chi connectivity index (χ0n) is 6.78. The molecule has 0 saturated carbocycles. The van der Waals surface area contributed by atoms with Crippen molar-refractivity contribution >= 4 is 5.57 Å². The van der Waals surface area contributed by atoms with Crippen LogP contribution in [0.5, 0.6) is 5.75 Å². The summed E-state index contributed by atoms with van der Waals surface area (Å²) in [6.07, 6.45) is 1.48. The van der Waals surface area contributed by atoms with E-state index in [1.165, 1.54) is 6.08 Å². The summed E-state index contributed by atoms with van der Waals surface area (Å²) in [6, 6.07) is 8.71. The smallest absolute Gasteiger partial charge is 0.115 e. The second kappa shape index (κ2) is 3.59. The van der Waals surface area contributed by atoms with Crippen LogP contribution < -0.4 is 0 Å². The molecule has 1 aromatic carbocycles. The van der Waals surface area contributed by atoms with Crippen LogP contribution >= 0.6 is 0 Å². The molecule has 0 amide bonds. The summed E-state index contributed by atoms with van der Waals surface area (Å²) < 4.78 is 0. The van der Waals surface area contributed by atoms with Gasteiger partial charge in [-0.05, 0) is 30.2 Å². The van der Waals surface area contributed by atoms with Gasteiger partial charge in [0.1, 0.15) is 5.75 Å². The molecule has 1 rings (SSSR count). The van der Waals surface area contributed by atoms with Gasteiger partial charge >= 0.3 is 0 Å². The van der Waals surface area contributed by atoms with E-state index in [1.807, 2.05) is 13.0 Å². The lowest BCUT2D eigenvalue weighted by Crippen LogP contribution is -1.76. The van der Waals surface area contributed by atoms with Crippen LogP contribution in [0.1, 0.15) is 12.5 Å². The number of nitriles is 1. The van der Waals surface area contributed by atoms with Gasteiger partial charge in [0.25, 0.3) is 0 Å². The molecule has 0 radical (unpaired) electrons. The van der Waals surface area contributed by atoms with Crippen LogP contribution in [0.25, 0.3) is 5.57 Å². The van der Waals surface area contributed by atoms with Crippen molar-refractivity contribution in [2.75, 3.05) is 0 Å². The number of nitrogens with zero attached hydrogens (tertiary/aromatic N) is 1. The maximum Gasteiger partial charge on any atom is 0.115 e. The quantitative estimate of drug-likeness (QED) is 0.639. The van der Waals surface area contributed by atoms with Crippen molar-refractivity contribution in [1.29, 1.82) is 5.26 Å². The minimum Gasteiger partial charge on any atom is -0.508 e. The van der Waals surface area contributed by atoms with Crippen molar-refractivity contribution in [3.05, 3.63) is 35.9 Å². The lowest BCUT2D eigenvalue weighted by Gasteiger charge is -1.98. The molecular weight excluding hydrogens is 150 g/mol. The molecule has 0 saturated heterocycles. The number of benzene rings is 1. The maximum atomic E-state index is 8.98. The van der Waals surface area contributed by atoms with Crippen LogP contribution in [0.15, 0.2) is 30.3 Å². The first-order chi connectivity index (χ1) is 5.74. The number of hydrogen-bond acceptors (Lipinski definition) is 2. The van der Waals surface area contributed by atoms with Gasteiger partial charge in [0, 0.05) is 6.08 Å². The highest BCUT2D eigenvalue weighted by Crippen LogP contribution is 2.16. The Morgan fingerprint density at radius 3 is 2.50 bits per heavy atom. The van der Waals surface area contributed by atoms with Gasteiger partial charge in [-0.1, -0.05) is 12.1 Å². The highest BCUT2D eigenvalue weighted by Gasteiger charge is 1.93. The maximum absolute atomic E-state index is 8.98. The molecule has 0 unspecified atom stereocenters. The third-order valence-corrected chi connectivity index (χ3v) is 1.60. The van der Waals surface area contributed by atoms with Crippen LogP contribution in [0.3, 0.4) is 0 Å². The summed E-state index contributed by atoms with van der Waals surface area (Å²) in [4.78, 5) is 0. The molecule has 1 N–H and O–H groups in total. The van der Waals surface area contributed by atoms with Gasteiger partial charge in [-0.2, -0.15) is 5.26 Å². The first kappa shape index (κ1) is 8.35. The van der Waals surface area contributed by atoms with E-state index in [4.69, 9.17) is 10.4 Å². The molecule has 0 spiro atoms. The van der Waals surface area contributed by atoms with Crippen LogP contribution in [-0.4, -0.2) is 5.11 Å². The topological polar surface area (TPSA) is 44.0 Å². The fourth-order valence-corrected chi connectivity index (χ4v) is 0.904. The average molecular weight is 159 g/mol. The number of aromatic hydroxyl groups is 1. The Morgan fingerprint density at radius 1 is 1.42 bits per heavy atom. The summed E-state index contributed by atoms with van der Waals surface area (Å²) in [5.41, 5.74) is 1.85. The van der Waals surface area contributed by atoms with Gasteiger partial charge in [0.2, 0.25) is 0 Å². The van der Waals surface area contributed by atoms with E-state index in [1.54, 1.807) is 24.3 Å². The zero-order valence-corrected chi connectivity index (χ0v) is 6.78. The SMILES string of the molecule is C/C(=C/C#N)c1ccc(O)cc1. The van der Waals surface area contributed by atoms with Crippen LogP contribution in [0.2, 0.25) is 0 Å². The molecule has 12 heavy (non-hydrogen) atoms. The largest absolute Gasteiger partial charge is 0.508 e. The van der Waals surface area contributed by atoms with E-state index < -0.39 is 0 Å². The van der Waals surface area contributed by atoms with E-state index in [0.29, 0.717) is 0 Å².